The lowest BCUT2D eigenvalue weighted by Crippen LogP contribution is -2.21. The summed E-state index contributed by atoms with van der Waals surface area (Å²) < 4.78 is 5.28. The van der Waals surface area contributed by atoms with Crippen molar-refractivity contribution >= 4 is 5.69 Å². The summed E-state index contributed by atoms with van der Waals surface area (Å²) in [4.78, 5) is 2.56. The van der Waals surface area contributed by atoms with E-state index >= 15 is 0 Å². The molecule has 0 amide bonds. The normalized spacial score (nSPS) is 20.5. The van der Waals surface area contributed by atoms with Crippen molar-refractivity contribution in [2.45, 2.75) is 25.0 Å². The van der Waals surface area contributed by atoms with Crippen LogP contribution in [-0.4, -0.2) is 24.6 Å². The number of rotatable bonds is 7. The maximum absolute atomic E-state index is 5.28. The second-order valence-electron chi connectivity index (χ2n) is 7.11. The summed E-state index contributed by atoms with van der Waals surface area (Å²) in [5, 5.41) is 3.75. The van der Waals surface area contributed by atoms with Gasteiger partial charge in [0.1, 0.15) is 5.75 Å². The van der Waals surface area contributed by atoms with E-state index in [1.807, 2.05) is 12.1 Å². The third kappa shape index (κ3) is 3.99. The van der Waals surface area contributed by atoms with Crippen LogP contribution in [0.15, 0.2) is 84.9 Å². The van der Waals surface area contributed by atoms with E-state index in [4.69, 9.17) is 4.74 Å². The zero-order valence-electron chi connectivity index (χ0n) is 15.9. The Labute approximate surface area is 161 Å². The number of hydrogen-bond acceptors (Lipinski definition) is 3. The summed E-state index contributed by atoms with van der Waals surface area (Å²) in [6, 6.07) is 30.8. The number of benzene rings is 3. The Morgan fingerprint density at radius 3 is 2.04 bits per heavy atom. The van der Waals surface area contributed by atoms with Crippen LogP contribution < -0.4 is 10.1 Å². The van der Waals surface area contributed by atoms with Gasteiger partial charge in [-0.3, -0.25) is 4.90 Å². The maximum Gasteiger partial charge on any atom is 0.119 e. The third-order valence-corrected chi connectivity index (χ3v) is 5.43. The summed E-state index contributed by atoms with van der Waals surface area (Å²) in [6.45, 7) is 3.39. The highest BCUT2D eigenvalue weighted by Crippen LogP contribution is 2.40. The Hall–Kier alpha value is -2.78. The van der Waals surface area contributed by atoms with Crippen molar-refractivity contribution < 1.29 is 4.74 Å². The van der Waals surface area contributed by atoms with Crippen LogP contribution >= 0.6 is 0 Å². The first kappa shape index (κ1) is 17.6. The van der Waals surface area contributed by atoms with Crippen molar-refractivity contribution in [2.75, 3.05) is 19.0 Å². The molecule has 3 aromatic carbocycles. The molecule has 1 saturated heterocycles. The van der Waals surface area contributed by atoms with Crippen LogP contribution in [0.1, 0.15) is 30.1 Å². The molecule has 0 radical (unpaired) electrons. The van der Waals surface area contributed by atoms with Crippen LogP contribution in [0, 0.1) is 0 Å². The van der Waals surface area contributed by atoms with Gasteiger partial charge in [-0.2, -0.15) is 0 Å². The Balaban J connectivity index is 1.54. The molecule has 1 aliphatic rings. The molecule has 1 aliphatic heterocycles. The lowest BCUT2D eigenvalue weighted by molar-refractivity contribution is 0.390. The van der Waals surface area contributed by atoms with E-state index in [1.165, 1.54) is 11.1 Å². The summed E-state index contributed by atoms with van der Waals surface area (Å²) in [7, 11) is 1.70. The number of anilines is 1. The first-order valence-corrected chi connectivity index (χ1v) is 9.52. The minimum Gasteiger partial charge on any atom is -0.497 e. The maximum atomic E-state index is 5.28. The van der Waals surface area contributed by atoms with Crippen LogP contribution in [0.25, 0.3) is 0 Å². The van der Waals surface area contributed by atoms with E-state index in [0.717, 1.165) is 18.0 Å². The average molecular weight is 358 g/mol. The highest BCUT2D eigenvalue weighted by molar-refractivity contribution is 5.49. The Morgan fingerprint density at radius 1 is 0.852 bits per heavy atom. The summed E-state index contributed by atoms with van der Waals surface area (Å²) >= 11 is 0. The van der Waals surface area contributed by atoms with Crippen LogP contribution in [-0.2, 0) is 0 Å². The minimum atomic E-state index is 0.255. The number of methoxy groups -OCH3 is 1. The standard InChI is InChI=1S/C24H26N2O/c1-18(19-9-5-3-6-10-19)26-17-23(26)24(20-11-7-4-8-12-20)25-21-13-15-22(27-2)16-14-21/h3-16,18,23-25H,17H2,1-2H3/t18-,23-,24-,26?/m1/s1. The van der Waals surface area contributed by atoms with Crippen LogP contribution in [0.3, 0.4) is 0 Å². The SMILES string of the molecule is COc1ccc(N[C@H](c2ccccc2)[C@H]2CN2[C@H](C)c2ccccc2)cc1. The molecule has 0 spiro atoms. The van der Waals surface area contributed by atoms with Gasteiger partial charge in [-0.1, -0.05) is 60.7 Å². The van der Waals surface area contributed by atoms with Gasteiger partial charge in [0.15, 0.2) is 0 Å². The van der Waals surface area contributed by atoms with E-state index in [1.54, 1.807) is 7.11 Å². The van der Waals surface area contributed by atoms with Crippen molar-refractivity contribution in [2.24, 2.45) is 0 Å². The highest BCUT2D eigenvalue weighted by atomic mass is 16.5. The van der Waals surface area contributed by atoms with Crippen molar-refractivity contribution in [3.05, 3.63) is 96.1 Å². The predicted octanol–water partition coefficient (Wildman–Crippen LogP) is 5.29. The Kier molecular flexibility index (Phi) is 5.12. The van der Waals surface area contributed by atoms with E-state index in [0.29, 0.717) is 12.1 Å². The van der Waals surface area contributed by atoms with Gasteiger partial charge in [0.2, 0.25) is 0 Å². The predicted molar refractivity (Wildman–Crippen MR) is 111 cm³/mol. The van der Waals surface area contributed by atoms with Gasteiger partial charge in [-0.25, -0.2) is 0 Å². The fourth-order valence-electron chi connectivity index (χ4n) is 3.76. The largest absolute Gasteiger partial charge is 0.497 e. The van der Waals surface area contributed by atoms with Gasteiger partial charge in [0.05, 0.1) is 13.2 Å². The van der Waals surface area contributed by atoms with Crippen LogP contribution in [0.5, 0.6) is 5.75 Å². The summed E-state index contributed by atoms with van der Waals surface area (Å²) in [5.41, 5.74) is 3.81. The molecule has 4 atom stereocenters. The fraction of sp³-hybridized carbons (Fsp3) is 0.250. The molecule has 3 nitrogen and oxygen atoms in total. The monoisotopic (exact) mass is 358 g/mol. The Bertz CT molecular complexity index is 849. The average Bonchev–Trinajstić information content (AvgIpc) is 3.54. The van der Waals surface area contributed by atoms with E-state index in [2.05, 4.69) is 89.9 Å². The molecule has 0 aliphatic carbocycles. The lowest BCUT2D eigenvalue weighted by Gasteiger charge is -2.23. The molecule has 1 heterocycles. The summed E-state index contributed by atoms with van der Waals surface area (Å²) in [5.74, 6) is 0.877. The van der Waals surface area contributed by atoms with Crippen molar-refractivity contribution in [3.63, 3.8) is 0 Å². The molecular formula is C24H26N2O. The molecule has 3 heteroatoms. The number of nitrogens with zero attached hydrogens (tertiary/aromatic N) is 1. The molecule has 3 aromatic rings. The van der Waals surface area contributed by atoms with Gasteiger partial charge < -0.3 is 10.1 Å². The molecule has 0 bridgehead atoms. The molecule has 27 heavy (non-hydrogen) atoms. The molecular weight excluding hydrogens is 332 g/mol. The topological polar surface area (TPSA) is 24.3 Å². The van der Waals surface area contributed by atoms with Crippen molar-refractivity contribution in [3.8, 4) is 5.75 Å². The van der Waals surface area contributed by atoms with Crippen LogP contribution in [0.4, 0.5) is 5.69 Å². The zero-order chi connectivity index (χ0) is 18.6. The molecule has 4 rings (SSSR count). The molecule has 1 fully saturated rings. The van der Waals surface area contributed by atoms with E-state index < -0.39 is 0 Å². The second kappa shape index (κ2) is 7.85. The minimum absolute atomic E-state index is 0.255. The van der Waals surface area contributed by atoms with E-state index in [-0.39, 0.29) is 6.04 Å². The smallest absolute Gasteiger partial charge is 0.119 e. The quantitative estimate of drug-likeness (QED) is 0.581. The van der Waals surface area contributed by atoms with Crippen molar-refractivity contribution in [1.29, 1.82) is 0 Å². The van der Waals surface area contributed by atoms with Crippen molar-refractivity contribution in [1.82, 2.24) is 4.90 Å². The molecule has 0 saturated carbocycles. The molecule has 0 aromatic heterocycles. The molecule has 138 valence electrons. The summed E-state index contributed by atoms with van der Waals surface area (Å²) in [6.07, 6.45) is 0. The second-order valence-corrected chi connectivity index (χ2v) is 7.11. The highest BCUT2D eigenvalue weighted by Gasteiger charge is 2.44. The Morgan fingerprint density at radius 2 is 1.44 bits per heavy atom. The fourth-order valence-corrected chi connectivity index (χ4v) is 3.76. The number of ether oxygens (including phenoxy) is 1. The molecule has 1 unspecified atom stereocenters. The first-order chi connectivity index (χ1) is 13.3. The van der Waals surface area contributed by atoms with Gasteiger partial charge in [0.25, 0.3) is 0 Å². The number of hydrogen-bond donors (Lipinski definition) is 1. The van der Waals surface area contributed by atoms with Gasteiger partial charge in [-0.05, 0) is 42.3 Å². The van der Waals surface area contributed by atoms with Gasteiger partial charge in [-0.15, -0.1) is 0 Å². The van der Waals surface area contributed by atoms with E-state index in [9.17, 15) is 0 Å². The number of nitrogens with one attached hydrogen (secondary N) is 1. The first-order valence-electron chi connectivity index (χ1n) is 9.52. The van der Waals surface area contributed by atoms with Crippen LogP contribution in [0.2, 0.25) is 0 Å². The van der Waals surface area contributed by atoms with Gasteiger partial charge >= 0.3 is 0 Å². The van der Waals surface area contributed by atoms with Gasteiger partial charge in [0, 0.05) is 24.3 Å². The third-order valence-electron chi connectivity index (χ3n) is 5.43. The molecule has 1 N–H and O–H groups in total. The lowest BCUT2D eigenvalue weighted by atomic mass is 10.0. The zero-order valence-corrected chi connectivity index (χ0v) is 15.9.